The van der Waals surface area contributed by atoms with Crippen molar-refractivity contribution in [3.8, 4) is 0 Å². The molecule has 0 amide bonds. The van der Waals surface area contributed by atoms with Crippen molar-refractivity contribution in [3.05, 3.63) is 48.5 Å². The number of benzene rings is 3. The Morgan fingerprint density at radius 3 is 2.38 bits per heavy atom. The predicted octanol–water partition coefficient (Wildman–Crippen LogP) is 3.94. The number of aromatic nitrogens is 4. The highest BCUT2D eigenvalue weighted by Gasteiger charge is 2.10. The van der Waals surface area contributed by atoms with E-state index in [-0.39, 0.29) is 0 Å². The topological polar surface area (TPSA) is 51.6 Å². The van der Waals surface area contributed by atoms with E-state index in [2.05, 4.69) is 26.9 Å². The van der Waals surface area contributed by atoms with E-state index in [0.29, 0.717) is 0 Å². The summed E-state index contributed by atoms with van der Waals surface area (Å²) in [4.78, 5) is 9.58. The normalized spacial score (nSPS) is 11.8. The Morgan fingerprint density at radius 1 is 0.619 bits per heavy atom. The van der Waals surface area contributed by atoms with Crippen molar-refractivity contribution < 1.29 is 0 Å². The van der Waals surface area contributed by atoms with Gasteiger partial charge in [0.2, 0.25) is 0 Å². The second-order valence-electron chi connectivity index (χ2n) is 4.94. The first-order valence-electron chi connectivity index (χ1n) is 6.61. The van der Waals surface area contributed by atoms with Crippen molar-refractivity contribution in [1.29, 1.82) is 0 Å². The van der Waals surface area contributed by atoms with Crippen molar-refractivity contribution in [1.82, 2.24) is 18.7 Å². The van der Waals surface area contributed by atoms with E-state index in [0.717, 1.165) is 38.5 Å². The first-order chi connectivity index (χ1) is 10.4. The van der Waals surface area contributed by atoms with Crippen LogP contribution in [-0.2, 0) is 0 Å². The van der Waals surface area contributed by atoms with E-state index in [9.17, 15) is 0 Å². The fraction of sp³-hybridized carbons (Fsp3) is 0. The van der Waals surface area contributed by atoms with Crippen LogP contribution in [0.15, 0.2) is 48.5 Å². The predicted molar refractivity (Wildman–Crippen MR) is 85.5 cm³/mol. The smallest absolute Gasteiger partial charge is 0.132 e. The van der Waals surface area contributed by atoms with Crippen molar-refractivity contribution in [3.63, 3.8) is 0 Å². The van der Waals surface area contributed by atoms with Gasteiger partial charge in [-0.2, -0.15) is 8.75 Å². The zero-order valence-corrected chi connectivity index (χ0v) is 11.6. The molecule has 98 valence electrons. The Balaban J connectivity index is 2.04. The summed E-state index contributed by atoms with van der Waals surface area (Å²) in [6.07, 6.45) is 0. The highest BCUT2D eigenvalue weighted by atomic mass is 32.1. The SMILES string of the molecule is c1ccc2c(c1)ccc1nc3c(ccc4nsnc43)nc12. The van der Waals surface area contributed by atoms with Crippen LogP contribution in [0.2, 0.25) is 0 Å². The van der Waals surface area contributed by atoms with Crippen LogP contribution in [0.25, 0.3) is 43.9 Å². The molecular formula is C16H8N4S. The van der Waals surface area contributed by atoms with E-state index in [1.54, 1.807) is 0 Å². The fourth-order valence-electron chi connectivity index (χ4n) is 2.72. The lowest BCUT2D eigenvalue weighted by atomic mass is 10.1. The molecule has 0 aliphatic rings. The van der Waals surface area contributed by atoms with Crippen molar-refractivity contribution in [2.24, 2.45) is 0 Å². The highest BCUT2D eigenvalue weighted by molar-refractivity contribution is 7.00. The Hall–Kier alpha value is -2.66. The molecule has 0 atom stereocenters. The van der Waals surface area contributed by atoms with E-state index < -0.39 is 0 Å². The summed E-state index contributed by atoms with van der Waals surface area (Å²) in [5.41, 5.74) is 5.22. The molecule has 0 N–H and O–H groups in total. The lowest BCUT2D eigenvalue weighted by Crippen LogP contribution is -1.89. The summed E-state index contributed by atoms with van der Waals surface area (Å²) >= 11 is 1.21. The van der Waals surface area contributed by atoms with Crippen LogP contribution >= 0.6 is 11.7 Å². The standard InChI is InChI=1S/C16H8N4S/c1-2-4-10-9(3-1)5-6-11-14(10)17-12-7-8-13-16(15(12)18-11)20-21-19-13/h1-8H. The Labute approximate surface area is 123 Å². The number of fused-ring (bicyclic) bond motifs is 6. The summed E-state index contributed by atoms with van der Waals surface area (Å²) in [5.74, 6) is 0. The zero-order valence-electron chi connectivity index (χ0n) is 10.8. The molecule has 5 heteroatoms. The maximum atomic E-state index is 4.81. The van der Waals surface area contributed by atoms with Crippen LogP contribution in [0.1, 0.15) is 0 Å². The Bertz CT molecular complexity index is 1150. The quantitative estimate of drug-likeness (QED) is 0.320. The Kier molecular flexibility index (Phi) is 2.07. The molecule has 0 saturated carbocycles. The average Bonchev–Trinajstić information content (AvgIpc) is 3.02. The number of hydrogen-bond acceptors (Lipinski definition) is 5. The average molecular weight is 288 g/mol. The lowest BCUT2D eigenvalue weighted by molar-refractivity contribution is 1.41. The third kappa shape index (κ3) is 1.49. The van der Waals surface area contributed by atoms with Crippen LogP contribution in [0.3, 0.4) is 0 Å². The van der Waals surface area contributed by atoms with Gasteiger partial charge in [0, 0.05) is 5.39 Å². The van der Waals surface area contributed by atoms with Crippen LogP contribution in [0, 0.1) is 0 Å². The van der Waals surface area contributed by atoms with Crippen LogP contribution < -0.4 is 0 Å². The van der Waals surface area contributed by atoms with Gasteiger partial charge >= 0.3 is 0 Å². The first-order valence-corrected chi connectivity index (χ1v) is 7.34. The van der Waals surface area contributed by atoms with Gasteiger partial charge in [-0.3, -0.25) is 0 Å². The van der Waals surface area contributed by atoms with Gasteiger partial charge in [0.1, 0.15) is 16.6 Å². The van der Waals surface area contributed by atoms with Crippen LogP contribution in [0.5, 0.6) is 0 Å². The van der Waals surface area contributed by atoms with Gasteiger partial charge in [0.25, 0.3) is 0 Å². The van der Waals surface area contributed by atoms with Gasteiger partial charge in [0.15, 0.2) is 0 Å². The number of nitrogens with zero attached hydrogens (tertiary/aromatic N) is 4. The van der Waals surface area contributed by atoms with E-state index in [4.69, 9.17) is 9.97 Å². The molecule has 3 aromatic carbocycles. The molecule has 0 aliphatic heterocycles. The molecule has 21 heavy (non-hydrogen) atoms. The monoisotopic (exact) mass is 288 g/mol. The van der Waals surface area contributed by atoms with Crippen LogP contribution in [-0.4, -0.2) is 18.7 Å². The molecule has 0 spiro atoms. The third-order valence-corrected chi connectivity index (χ3v) is 4.27. The highest BCUT2D eigenvalue weighted by Crippen LogP contribution is 2.27. The minimum atomic E-state index is 0.823. The molecule has 0 unspecified atom stereocenters. The fourth-order valence-corrected chi connectivity index (χ4v) is 3.26. The van der Waals surface area contributed by atoms with Gasteiger partial charge in [-0.05, 0) is 23.6 Å². The molecule has 0 bridgehead atoms. The van der Waals surface area contributed by atoms with Crippen molar-refractivity contribution in [2.45, 2.75) is 0 Å². The Morgan fingerprint density at radius 2 is 1.38 bits per heavy atom. The van der Waals surface area contributed by atoms with Gasteiger partial charge in [-0.25, -0.2) is 9.97 Å². The second kappa shape index (κ2) is 3.93. The first kappa shape index (κ1) is 11.0. The molecule has 2 aromatic heterocycles. The molecular weight excluding hydrogens is 280 g/mol. The minimum Gasteiger partial charge on any atom is -0.244 e. The molecule has 0 radical (unpaired) electrons. The molecule has 5 aromatic rings. The van der Waals surface area contributed by atoms with E-state index in [1.807, 2.05) is 30.3 Å². The summed E-state index contributed by atoms with van der Waals surface area (Å²) < 4.78 is 8.61. The molecule has 4 nitrogen and oxygen atoms in total. The van der Waals surface area contributed by atoms with Crippen molar-refractivity contribution >= 4 is 55.6 Å². The molecule has 0 aliphatic carbocycles. The molecule has 5 rings (SSSR count). The van der Waals surface area contributed by atoms with E-state index >= 15 is 0 Å². The molecule has 2 heterocycles. The minimum absolute atomic E-state index is 0.823. The largest absolute Gasteiger partial charge is 0.244 e. The number of rotatable bonds is 0. The van der Waals surface area contributed by atoms with Crippen LogP contribution in [0.4, 0.5) is 0 Å². The lowest BCUT2D eigenvalue weighted by Gasteiger charge is -2.04. The second-order valence-corrected chi connectivity index (χ2v) is 5.47. The maximum Gasteiger partial charge on any atom is 0.132 e. The maximum absolute atomic E-state index is 4.81. The zero-order chi connectivity index (χ0) is 13.8. The van der Waals surface area contributed by atoms with Gasteiger partial charge in [-0.1, -0.05) is 30.3 Å². The van der Waals surface area contributed by atoms with Crippen molar-refractivity contribution in [2.75, 3.05) is 0 Å². The number of hydrogen-bond donors (Lipinski definition) is 0. The summed E-state index contributed by atoms with van der Waals surface area (Å²) in [5, 5.41) is 2.30. The molecule has 0 saturated heterocycles. The van der Waals surface area contributed by atoms with E-state index in [1.165, 1.54) is 17.1 Å². The third-order valence-electron chi connectivity index (χ3n) is 3.72. The van der Waals surface area contributed by atoms with Gasteiger partial charge in [0.05, 0.1) is 28.3 Å². The van der Waals surface area contributed by atoms with Gasteiger partial charge in [-0.15, -0.1) is 0 Å². The molecule has 0 fully saturated rings. The summed E-state index contributed by atoms with van der Waals surface area (Å²) in [7, 11) is 0. The van der Waals surface area contributed by atoms with Gasteiger partial charge < -0.3 is 0 Å². The summed E-state index contributed by atoms with van der Waals surface area (Å²) in [6.45, 7) is 0. The summed E-state index contributed by atoms with van der Waals surface area (Å²) in [6, 6.07) is 16.3.